The van der Waals surface area contributed by atoms with Crippen LogP contribution in [0.25, 0.3) is 0 Å². The Morgan fingerprint density at radius 2 is 2.25 bits per heavy atom. The fraction of sp³-hybridized carbons (Fsp3) is 0.429. The van der Waals surface area contributed by atoms with Crippen LogP contribution in [0.5, 0.6) is 0 Å². The van der Waals surface area contributed by atoms with Crippen LogP contribution < -0.4 is 5.32 Å². The van der Waals surface area contributed by atoms with Gasteiger partial charge in [-0.05, 0) is 36.2 Å². The summed E-state index contributed by atoms with van der Waals surface area (Å²) in [5, 5.41) is 2.16. The number of aromatic nitrogens is 1. The Kier molecular flexibility index (Phi) is 4.49. The van der Waals surface area contributed by atoms with Crippen LogP contribution in [-0.4, -0.2) is 41.0 Å². The third-order valence-corrected chi connectivity index (χ3v) is 4.75. The molecular formula is C21H24ClF2N3O. The fourth-order valence-electron chi connectivity index (χ4n) is 2.73. The summed E-state index contributed by atoms with van der Waals surface area (Å²) in [6, 6.07) is 5.97. The fourth-order valence-corrected chi connectivity index (χ4v) is 2.92. The van der Waals surface area contributed by atoms with Gasteiger partial charge in [-0.2, -0.15) is 0 Å². The summed E-state index contributed by atoms with van der Waals surface area (Å²) < 4.78 is 77.2. The summed E-state index contributed by atoms with van der Waals surface area (Å²) in [5.74, 6) is -1.47. The first kappa shape index (κ1) is 14.0. The second-order valence-corrected chi connectivity index (χ2v) is 6.89. The summed E-state index contributed by atoms with van der Waals surface area (Å²) >= 11 is 5.71. The van der Waals surface area contributed by atoms with Gasteiger partial charge in [-0.15, -0.1) is 0 Å². The van der Waals surface area contributed by atoms with Crippen molar-refractivity contribution in [2.24, 2.45) is 0 Å². The van der Waals surface area contributed by atoms with Crippen molar-refractivity contribution in [1.82, 2.24) is 15.2 Å². The van der Waals surface area contributed by atoms with Gasteiger partial charge in [0, 0.05) is 58.9 Å². The van der Waals surface area contributed by atoms with E-state index < -0.39 is 49.7 Å². The maximum atomic E-state index is 15.5. The molecule has 1 amide bonds. The molecule has 1 aromatic heterocycles. The number of halogens is 3. The average Bonchev–Trinajstić information content (AvgIpc) is 2.73. The second kappa shape index (κ2) is 8.97. The highest BCUT2D eigenvalue weighted by atomic mass is 35.5. The quantitative estimate of drug-likeness (QED) is 0.773. The molecule has 0 saturated carbocycles. The lowest BCUT2D eigenvalue weighted by Crippen LogP contribution is -2.48. The Balaban J connectivity index is 1.69. The van der Waals surface area contributed by atoms with Crippen molar-refractivity contribution in [2.45, 2.75) is 38.3 Å². The van der Waals surface area contributed by atoms with Crippen molar-refractivity contribution in [3.05, 3.63) is 64.2 Å². The van der Waals surface area contributed by atoms with E-state index >= 15 is 4.39 Å². The van der Waals surface area contributed by atoms with Crippen LogP contribution in [0.1, 0.15) is 49.6 Å². The molecule has 4 nitrogen and oxygen atoms in total. The number of hydrogen-bond donors (Lipinski definition) is 1. The van der Waals surface area contributed by atoms with E-state index in [1.165, 1.54) is 31.3 Å². The van der Waals surface area contributed by atoms with Crippen molar-refractivity contribution < 1.29 is 21.8 Å². The normalized spacial score (nSPS) is 25.6. The molecule has 1 atom stereocenters. The molecule has 3 rings (SSSR count). The predicted molar refractivity (Wildman–Crippen MR) is 106 cm³/mol. The molecule has 1 fully saturated rings. The highest BCUT2D eigenvalue weighted by Gasteiger charge is 2.35. The number of likely N-dealkylation sites (tertiary alicyclic amines) is 1. The van der Waals surface area contributed by atoms with E-state index in [-0.39, 0.29) is 34.8 Å². The van der Waals surface area contributed by atoms with Crippen LogP contribution in [0.2, 0.25) is 5.02 Å². The molecule has 1 unspecified atom stereocenters. The molecule has 1 N–H and O–H groups in total. The molecule has 0 radical (unpaired) electrons. The van der Waals surface area contributed by atoms with Gasteiger partial charge in [0.15, 0.2) is 0 Å². The molecule has 0 spiro atoms. The van der Waals surface area contributed by atoms with Crippen LogP contribution >= 0.6 is 11.6 Å². The zero-order chi connectivity index (χ0) is 25.5. The molecule has 28 heavy (non-hydrogen) atoms. The highest BCUT2D eigenvalue weighted by Crippen LogP contribution is 2.27. The lowest BCUT2D eigenvalue weighted by atomic mass is 9.92. The number of nitrogens with zero attached hydrogens (tertiary/aromatic N) is 2. The summed E-state index contributed by atoms with van der Waals surface area (Å²) in [4.78, 5) is 17.6. The van der Waals surface area contributed by atoms with Gasteiger partial charge in [0.05, 0.1) is 10.7 Å². The van der Waals surface area contributed by atoms with Gasteiger partial charge in [-0.1, -0.05) is 24.6 Å². The molecule has 1 aromatic carbocycles. The van der Waals surface area contributed by atoms with Gasteiger partial charge < -0.3 is 10.2 Å². The lowest BCUT2D eigenvalue weighted by molar-refractivity contribution is 0.0434. The number of pyridine rings is 1. The standard InChI is InChI=1S/C21H24ClF2N3O/c1-2-15-3-5-17(26-12-15)13-25-14-21(24)7-9-27(10-8-21)20(28)16-4-6-19(23)18(22)11-16/h3-6,11-12,25H,2,7-10,13-14H2,1H3/i2D2,9D2,13D2. The third-order valence-electron chi connectivity index (χ3n) is 4.46. The number of carbonyl (C=O) groups is 1. The highest BCUT2D eigenvalue weighted by molar-refractivity contribution is 6.31. The maximum absolute atomic E-state index is 15.5. The van der Waals surface area contributed by atoms with Crippen molar-refractivity contribution in [3.63, 3.8) is 0 Å². The monoisotopic (exact) mass is 413 g/mol. The zero-order valence-corrected chi connectivity index (χ0v) is 16.0. The maximum Gasteiger partial charge on any atom is 0.253 e. The largest absolute Gasteiger partial charge is 0.338 e. The average molecular weight is 414 g/mol. The Labute approximate surface area is 177 Å². The van der Waals surface area contributed by atoms with Crippen molar-refractivity contribution in [2.75, 3.05) is 19.6 Å². The number of amides is 1. The number of alkyl halides is 1. The van der Waals surface area contributed by atoms with Gasteiger partial charge >= 0.3 is 0 Å². The van der Waals surface area contributed by atoms with Crippen molar-refractivity contribution in [1.29, 1.82) is 0 Å². The predicted octanol–water partition coefficient (Wildman–Crippen LogP) is 4.17. The Morgan fingerprint density at radius 3 is 2.89 bits per heavy atom. The summed E-state index contributed by atoms with van der Waals surface area (Å²) in [6.07, 6.45) is -1.39. The zero-order valence-electron chi connectivity index (χ0n) is 21.2. The molecular weight excluding hydrogens is 384 g/mol. The van der Waals surface area contributed by atoms with Crippen LogP contribution in [0, 0.1) is 5.82 Å². The molecule has 2 aromatic rings. The van der Waals surface area contributed by atoms with Crippen LogP contribution in [0.3, 0.4) is 0 Å². The van der Waals surface area contributed by atoms with E-state index in [1.807, 2.05) is 0 Å². The van der Waals surface area contributed by atoms with Gasteiger partial charge in [-0.25, -0.2) is 8.78 Å². The number of rotatable bonds is 6. The minimum atomic E-state index is -2.38. The van der Waals surface area contributed by atoms with E-state index in [0.717, 1.165) is 17.0 Å². The van der Waals surface area contributed by atoms with E-state index in [1.54, 1.807) is 0 Å². The van der Waals surface area contributed by atoms with Gasteiger partial charge in [0.1, 0.15) is 11.5 Å². The molecule has 1 aliphatic heterocycles. The smallest absolute Gasteiger partial charge is 0.253 e. The lowest BCUT2D eigenvalue weighted by Gasteiger charge is -2.36. The molecule has 0 bridgehead atoms. The topological polar surface area (TPSA) is 45.2 Å². The molecule has 1 aliphatic rings. The van der Waals surface area contributed by atoms with Crippen LogP contribution in [0.15, 0.2) is 36.5 Å². The summed E-state index contributed by atoms with van der Waals surface area (Å²) in [5.41, 5.74) is -1.99. The molecule has 2 heterocycles. The van der Waals surface area contributed by atoms with E-state index in [4.69, 9.17) is 19.8 Å². The van der Waals surface area contributed by atoms with E-state index in [2.05, 4.69) is 10.3 Å². The Hall–Kier alpha value is -2.05. The molecule has 0 aliphatic carbocycles. The van der Waals surface area contributed by atoms with Crippen molar-refractivity contribution in [3.8, 4) is 0 Å². The number of benzene rings is 1. The van der Waals surface area contributed by atoms with Crippen molar-refractivity contribution >= 4 is 17.5 Å². The summed E-state index contributed by atoms with van der Waals surface area (Å²) in [6.45, 7) is -4.11. The third kappa shape index (κ3) is 5.06. The number of carbonyl (C=O) groups excluding carboxylic acids is 1. The second-order valence-electron chi connectivity index (χ2n) is 6.48. The first-order valence-electron chi connectivity index (χ1n) is 11.7. The van der Waals surface area contributed by atoms with Crippen LogP contribution in [0.4, 0.5) is 8.78 Å². The van der Waals surface area contributed by atoms with E-state index in [0.29, 0.717) is 0 Å². The number of aryl methyl sites for hydroxylation is 1. The minimum absolute atomic E-state index is 0.0259. The SMILES string of the molecule is [2H]C([2H])(C)c1ccc(C([2H])([2H])NCC2(F)CCN(C(=O)c3ccc(F)c(Cl)c3)C([2H])([2H])C2)nc1. The number of nitrogens with one attached hydrogen (secondary N) is 1. The van der Waals surface area contributed by atoms with Gasteiger partial charge in [0.2, 0.25) is 0 Å². The van der Waals surface area contributed by atoms with Crippen LogP contribution in [-0.2, 0) is 12.9 Å². The number of piperidine rings is 1. The first-order chi connectivity index (χ1) is 15.5. The first-order valence-corrected chi connectivity index (χ1v) is 9.10. The van der Waals surface area contributed by atoms with Gasteiger partial charge in [-0.3, -0.25) is 9.78 Å². The molecule has 1 saturated heterocycles. The number of hydrogen-bond acceptors (Lipinski definition) is 3. The van der Waals surface area contributed by atoms with E-state index in [9.17, 15) is 9.18 Å². The molecule has 7 heteroatoms. The molecule has 150 valence electrons. The summed E-state index contributed by atoms with van der Waals surface area (Å²) in [7, 11) is 0. The Morgan fingerprint density at radius 1 is 1.43 bits per heavy atom. The Bertz CT molecular complexity index is 1070. The minimum Gasteiger partial charge on any atom is -0.338 e. The van der Waals surface area contributed by atoms with Gasteiger partial charge in [0.25, 0.3) is 5.91 Å².